The van der Waals surface area contributed by atoms with E-state index in [9.17, 15) is 13.2 Å². The van der Waals surface area contributed by atoms with Crippen molar-refractivity contribution in [3.05, 3.63) is 96.6 Å². The highest BCUT2D eigenvalue weighted by Crippen LogP contribution is 2.32. The van der Waals surface area contributed by atoms with Gasteiger partial charge in [0.1, 0.15) is 17.1 Å². The van der Waals surface area contributed by atoms with Crippen LogP contribution in [0.3, 0.4) is 0 Å². The van der Waals surface area contributed by atoms with E-state index in [-0.39, 0.29) is 0 Å². The Kier molecular flexibility index (Phi) is 4.54. The summed E-state index contributed by atoms with van der Waals surface area (Å²) in [5.74, 6) is 0.740. The lowest BCUT2D eigenvalue weighted by molar-refractivity contribution is -0.141. The first-order valence-electron chi connectivity index (χ1n) is 9.47. The van der Waals surface area contributed by atoms with Gasteiger partial charge in [0.15, 0.2) is 5.65 Å². The molecule has 0 aliphatic heterocycles. The summed E-state index contributed by atoms with van der Waals surface area (Å²) in [7, 11) is 0. The normalized spacial score (nSPS) is 11.8. The van der Waals surface area contributed by atoms with E-state index >= 15 is 0 Å². The molecular weight excluding hydrogens is 405 g/mol. The second-order valence-corrected chi connectivity index (χ2v) is 6.99. The first kappa shape index (κ1) is 19.0. The van der Waals surface area contributed by atoms with Crippen molar-refractivity contribution in [1.82, 2.24) is 19.4 Å². The maximum atomic E-state index is 13.2. The second-order valence-electron chi connectivity index (χ2n) is 6.99. The van der Waals surface area contributed by atoms with Gasteiger partial charge in [-0.15, -0.1) is 0 Å². The first-order valence-corrected chi connectivity index (χ1v) is 9.47. The van der Waals surface area contributed by atoms with Gasteiger partial charge in [0.2, 0.25) is 0 Å². The molecule has 154 valence electrons. The number of rotatable bonds is 4. The van der Waals surface area contributed by atoms with Gasteiger partial charge < -0.3 is 8.82 Å². The number of halogens is 3. The third-order valence-electron chi connectivity index (χ3n) is 4.82. The Morgan fingerprint density at radius 1 is 0.903 bits per heavy atom. The lowest BCUT2D eigenvalue weighted by atomic mass is 10.1. The smallest absolute Gasteiger partial charge is 0.433 e. The number of hydrogen-bond acceptors (Lipinski definition) is 4. The van der Waals surface area contributed by atoms with Gasteiger partial charge in [-0.3, -0.25) is 4.98 Å². The number of aromatic nitrogens is 4. The van der Waals surface area contributed by atoms with Crippen LogP contribution in [0.15, 0.2) is 83.9 Å². The summed E-state index contributed by atoms with van der Waals surface area (Å²) in [6.45, 7) is 0. The van der Waals surface area contributed by atoms with Crippen LogP contribution < -0.4 is 0 Å². The lowest BCUT2D eigenvalue weighted by Crippen LogP contribution is -2.08. The van der Waals surface area contributed by atoms with Gasteiger partial charge in [0, 0.05) is 36.1 Å². The highest BCUT2D eigenvalue weighted by molar-refractivity contribution is 5.77. The standard InChI is InChI=1S/C23H15F3N4O/c24-23(25,26)20-11-16(8-9-27-20)21-22-28-17(12-18-7-4-10-31-18)13-30(22)14-19(29-21)15-5-2-1-3-6-15/h1-11,13-14H,12H2. The van der Waals surface area contributed by atoms with E-state index in [2.05, 4.69) is 15.0 Å². The molecule has 5 rings (SSSR count). The average Bonchev–Trinajstić information content (AvgIpc) is 3.42. The molecular formula is C23H15F3N4O. The van der Waals surface area contributed by atoms with Gasteiger partial charge in [-0.05, 0) is 24.3 Å². The van der Waals surface area contributed by atoms with Crippen LogP contribution in [-0.2, 0) is 12.6 Å². The molecule has 31 heavy (non-hydrogen) atoms. The van der Waals surface area contributed by atoms with E-state index in [1.807, 2.05) is 48.8 Å². The summed E-state index contributed by atoms with van der Waals surface area (Å²) in [4.78, 5) is 12.8. The van der Waals surface area contributed by atoms with Gasteiger partial charge in [-0.1, -0.05) is 30.3 Å². The number of pyridine rings is 1. The van der Waals surface area contributed by atoms with Crippen molar-refractivity contribution in [2.45, 2.75) is 12.6 Å². The summed E-state index contributed by atoms with van der Waals surface area (Å²) in [5, 5.41) is 0. The van der Waals surface area contributed by atoms with Crippen LogP contribution in [-0.4, -0.2) is 19.4 Å². The molecule has 0 aliphatic carbocycles. The SMILES string of the molecule is FC(F)(F)c1cc(-c2nc(-c3ccccc3)cn3cc(Cc4ccco4)nc23)ccn1. The average molecular weight is 420 g/mol. The molecule has 0 aliphatic rings. The van der Waals surface area contributed by atoms with Gasteiger partial charge in [0.05, 0.1) is 17.7 Å². The molecule has 0 bridgehead atoms. The minimum atomic E-state index is -4.55. The number of furan rings is 1. The van der Waals surface area contributed by atoms with E-state index in [4.69, 9.17) is 4.42 Å². The molecule has 4 aromatic heterocycles. The Morgan fingerprint density at radius 3 is 2.48 bits per heavy atom. The molecule has 0 atom stereocenters. The van der Waals surface area contributed by atoms with E-state index in [1.165, 1.54) is 6.07 Å². The molecule has 8 heteroatoms. The predicted molar refractivity (Wildman–Crippen MR) is 108 cm³/mol. The molecule has 0 radical (unpaired) electrons. The fourth-order valence-electron chi connectivity index (χ4n) is 3.40. The van der Waals surface area contributed by atoms with Crippen molar-refractivity contribution < 1.29 is 17.6 Å². The highest BCUT2D eigenvalue weighted by Gasteiger charge is 2.32. The van der Waals surface area contributed by atoms with Crippen molar-refractivity contribution in [3.8, 4) is 22.5 Å². The number of hydrogen-bond donors (Lipinski definition) is 0. The van der Waals surface area contributed by atoms with Crippen molar-refractivity contribution in [2.75, 3.05) is 0 Å². The predicted octanol–water partition coefficient (Wildman–Crippen LogP) is 5.66. The third kappa shape index (κ3) is 3.79. The van der Waals surface area contributed by atoms with Crippen LogP contribution in [0.5, 0.6) is 0 Å². The quantitative estimate of drug-likeness (QED) is 0.376. The molecule has 0 amide bonds. The van der Waals surface area contributed by atoms with Gasteiger partial charge in [-0.2, -0.15) is 13.2 Å². The van der Waals surface area contributed by atoms with E-state index in [0.29, 0.717) is 34.7 Å². The maximum absolute atomic E-state index is 13.2. The first-order chi connectivity index (χ1) is 15.0. The van der Waals surface area contributed by atoms with Crippen molar-refractivity contribution in [1.29, 1.82) is 0 Å². The minimum absolute atomic E-state index is 0.292. The third-order valence-corrected chi connectivity index (χ3v) is 4.82. The molecule has 4 heterocycles. The molecule has 5 aromatic rings. The summed E-state index contributed by atoms with van der Waals surface area (Å²) < 4.78 is 46.9. The summed E-state index contributed by atoms with van der Waals surface area (Å²) >= 11 is 0. The van der Waals surface area contributed by atoms with E-state index in [0.717, 1.165) is 23.6 Å². The number of benzene rings is 1. The maximum Gasteiger partial charge on any atom is 0.433 e. The van der Waals surface area contributed by atoms with Crippen molar-refractivity contribution in [3.63, 3.8) is 0 Å². The molecule has 0 N–H and O–H groups in total. The second kappa shape index (κ2) is 7.39. The molecule has 1 aromatic carbocycles. The van der Waals surface area contributed by atoms with Crippen molar-refractivity contribution >= 4 is 5.65 Å². The van der Waals surface area contributed by atoms with Gasteiger partial charge in [0.25, 0.3) is 0 Å². The Hall–Kier alpha value is -3.94. The fourth-order valence-corrected chi connectivity index (χ4v) is 3.40. The summed E-state index contributed by atoms with van der Waals surface area (Å²) in [6.07, 6.45) is 2.28. The zero-order valence-electron chi connectivity index (χ0n) is 16.0. The monoisotopic (exact) mass is 420 g/mol. The van der Waals surface area contributed by atoms with Crippen LogP contribution in [0.2, 0.25) is 0 Å². The Morgan fingerprint density at radius 2 is 1.74 bits per heavy atom. The fraction of sp³-hybridized carbons (Fsp3) is 0.0870. The summed E-state index contributed by atoms with van der Waals surface area (Å²) in [5.41, 5.74) is 2.30. The zero-order chi connectivity index (χ0) is 21.4. The Balaban J connectivity index is 1.70. The van der Waals surface area contributed by atoms with Gasteiger partial charge in [-0.25, -0.2) is 9.97 Å². The van der Waals surface area contributed by atoms with Crippen LogP contribution in [0, 0.1) is 0 Å². The number of nitrogens with zero attached hydrogens (tertiary/aromatic N) is 4. The van der Waals surface area contributed by atoms with Crippen molar-refractivity contribution in [2.24, 2.45) is 0 Å². The Bertz CT molecular complexity index is 1340. The van der Waals surface area contributed by atoms with Crippen LogP contribution in [0.1, 0.15) is 17.1 Å². The van der Waals surface area contributed by atoms with Crippen LogP contribution in [0.4, 0.5) is 13.2 Å². The van der Waals surface area contributed by atoms with E-state index < -0.39 is 11.9 Å². The molecule has 0 unspecified atom stereocenters. The highest BCUT2D eigenvalue weighted by atomic mass is 19.4. The molecule has 5 nitrogen and oxygen atoms in total. The molecule has 0 saturated carbocycles. The minimum Gasteiger partial charge on any atom is -0.469 e. The number of alkyl halides is 3. The molecule has 0 spiro atoms. The topological polar surface area (TPSA) is 56.2 Å². The van der Waals surface area contributed by atoms with Crippen LogP contribution >= 0.6 is 0 Å². The Labute approximate surface area is 174 Å². The van der Waals surface area contributed by atoms with Crippen LogP contribution in [0.25, 0.3) is 28.2 Å². The van der Waals surface area contributed by atoms with E-state index in [1.54, 1.807) is 16.7 Å². The largest absolute Gasteiger partial charge is 0.469 e. The molecule has 0 fully saturated rings. The molecule has 0 saturated heterocycles. The number of fused-ring (bicyclic) bond motifs is 1. The van der Waals surface area contributed by atoms with Gasteiger partial charge >= 0.3 is 6.18 Å². The lowest BCUT2D eigenvalue weighted by Gasteiger charge is -2.10. The summed E-state index contributed by atoms with van der Waals surface area (Å²) in [6, 6.07) is 15.6. The zero-order valence-corrected chi connectivity index (χ0v) is 16.0. The number of imidazole rings is 1.